The molecule has 0 radical (unpaired) electrons. The Bertz CT molecular complexity index is 336. The van der Waals surface area contributed by atoms with E-state index in [1.54, 1.807) is 0 Å². The summed E-state index contributed by atoms with van der Waals surface area (Å²) in [7, 11) is 0. The lowest BCUT2D eigenvalue weighted by Crippen LogP contribution is -2.45. The molecular weight excluding hydrogens is 210 g/mol. The van der Waals surface area contributed by atoms with Crippen molar-refractivity contribution in [3.63, 3.8) is 0 Å². The number of rotatable bonds is 4. The van der Waals surface area contributed by atoms with Crippen LogP contribution in [0.25, 0.3) is 0 Å². The van der Waals surface area contributed by atoms with E-state index in [0.29, 0.717) is 6.54 Å². The fourth-order valence-electron chi connectivity index (χ4n) is 1.83. The molecule has 0 aromatic heterocycles. The topological polar surface area (TPSA) is 32.3 Å². The zero-order valence-electron chi connectivity index (χ0n) is 8.67. The molecule has 2 rings (SSSR count). The predicted octanol–water partition coefficient (Wildman–Crippen LogP) is 2.34. The second-order valence-electron chi connectivity index (χ2n) is 4.27. The van der Waals surface area contributed by atoms with Crippen LogP contribution in [0.1, 0.15) is 24.8 Å². The molecular formula is C12H16ClNO. The quantitative estimate of drug-likeness (QED) is 0.825. The highest BCUT2D eigenvalue weighted by molar-refractivity contribution is 6.31. The van der Waals surface area contributed by atoms with E-state index in [2.05, 4.69) is 5.32 Å². The monoisotopic (exact) mass is 225 g/mol. The Balaban J connectivity index is 1.81. The van der Waals surface area contributed by atoms with Gasteiger partial charge in [0.25, 0.3) is 0 Å². The average Bonchev–Trinajstić information content (AvgIpc) is 2.18. The van der Waals surface area contributed by atoms with E-state index in [-0.39, 0.29) is 0 Å². The maximum absolute atomic E-state index is 9.86. The van der Waals surface area contributed by atoms with Crippen LogP contribution in [-0.2, 0) is 6.54 Å². The smallest absolute Gasteiger partial charge is 0.0771 e. The van der Waals surface area contributed by atoms with Crippen LogP contribution in [0.2, 0.25) is 5.02 Å². The number of hydrogen-bond donors (Lipinski definition) is 2. The second kappa shape index (κ2) is 4.52. The van der Waals surface area contributed by atoms with Crippen LogP contribution in [0.15, 0.2) is 24.3 Å². The third-order valence-corrected chi connectivity index (χ3v) is 3.38. The average molecular weight is 226 g/mol. The molecule has 2 nitrogen and oxygen atoms in total. The summed E-state index contributed by atoms with van der Waals surface area (Å²) in [5.74, 6) is 0. The van der Waals surface area contributed by atoms with E-state index in [1.807, 2.05) is 24.3 Å². The van der Waals surface area contributed by atoms with Gasteiger partial charge in [0.2, 0.25) is 0 Å². The molecule has 2 N–H and O–H groups in total. The molecule has 0 bridgehead atoms. The molecule has 0 amide bonds. The van der Waals surface area contributed by atoms with Crippen molar-refractivity contribution in [2.24, 2.45) is 0 Å². The molecule has 3 heteroatoms. The Morgan fingerprint density at radius 2 is 2.07 bits per heavy atom. The van der Waals surface area contributed by atoms with Crippen LogP contribution in [0.4, 0.5) is 0 Å². The lowest BCUT2D eigenvalue weighted by Gasteiger charge is -2.36. The Hall–Kier alpha value is -0.570. The zero-order valence-corrected chi connectivity index (χ0v) is 9.43. The number of hydrogen-bond acceptors (Lipinski definition) is 2. The van der Waals surface area contributed by atoms with Crippen molar-refractivity contribution in [1.82, 2.24) is 5.32 Å². The summed E-state index contributed by atoms with van der Waals surface area (Å²) in [4.78, 5) is 0. The van der Waals surface area contributed by atoms with Crippen molar-refractivity contribution in [3.8, 4) is 0 Å². The first-order valence-corrected chi connectivity index (χ1v) is 5.74. The largest absolute Gasteiger partial charge is 0.389 e. The molecule has 82 valence electrons. The maximum atomic E-state index is 9.86. The van der Waals surface area contributed by atoms with Gasteiger partial charge in [-0.1, -0.05) is 29.8 Å². The van der Waals surface area contributed by atoms with Crippen molar-refractivity contribution in [2.75, 3.05) is 6.54 Å². The van der Waals surface area contributed by atoms with Gasteiger partial charge in [0, 0.05) is 18.1 Å². The van der Waals surface area contributed by atoms with Crippen LogP contribution in [-0.4, -0.2) is 17.3 Å². The molecule has 0 saturated heterocycles. The van der Waals surface area contributed by atoms with Crippen molar-refractivity contribution < 1.29 is 5.11 Å². The van der Waals surface area contributed by atoms with Crippen molar-refractivity contribution >= 4 is 11.6 Å². The fourth-order valence-corrected chi connectivity index (χ4v) is 2.04. The van der Waals surface area contributed by atoms with Crippen molar-refractivity contribution in [3.05, 3.63) is 34.9 Å². The highest BCUT2D eigenvalue weighted by Crippen LogP contribution is 2.30. The molecule has 1 fully saturated rings. The second-order valence-corrected chi connectivity index (χ2v) is 4.68. The van der Waals surface area contributed by atoms with Crippen LogP contribution in [0.3, 0.4) is 0 Å². The summed E-state index contributed by atoms with van der Waals surface area (Å²) in [5, 5.41) is 13.9. The molecule has 1 aromatic rings. The first-order chi connectivity index (χ1) is 7.20. The lowest BCUT2D eigenvalue weighted by molar-refractivity contribution is -0.0314. The minimum absolute atomic E-state index is 0.457. The van der Waals surface area contributed by atoms with E-state index in [9.17, 15) is 5.11 Å². The lowest BCUT2D eigenvalue weighted by atomic mass is 9.80. The highest BCUT2D eigenvalue weighted by Gasteiger charge is 2.33. The molecule has 1 saturated carbocycles. The number of nitrogens with one attached hydrogen (secondary N) is 1. The van der Waals surface area contributed by atoms with Crippen LogP contribution in [0.5, 0.6) is 0 Å². The van der Waals surface area contributed by atoms with Gasteiger partial charge < -0.3 is 10.4 Å². The molecule has 1 aromatic carbocycles. The van der Waals surface area contributed by atoms with Gasteiger partial charge in [-0.05, 0) is 30.9 Å². The van der Waals surface area contributed by atoms with Gasteiger partial charge in [-0.2, -0.15) is 0 Å². The molecule has 15 heavy (non-hydrogen) atoms. The minimum atomic E-state index is -0.457. The van der Waals surface area contributed by atoms with Gasteiger partial charge in [-0.25, -0.2) is 0 Å². The van der Waals surface area contributed by atoms with E-state index in [0.717, 1.165) is 36.4 Å². The molecule has 0 heterocycles. The normalized spacial score (nSPS) is 18.5. The standard InChI is InChI=1S/C12H16ClNO/c13-11-5-2-1-4-10(11)8-14-9-12(15)6-3-7-12/h1-2,4-5,14-15H,3,6-9H2. The van der Waals surface area contributed by atoms with E-state index < -0.39 is 5.60 Å². The molecule has 0 spiro atoms. The summed E-state index contributed by atoms with van der Waals surface area (Å²) >= 11 is 6.02. The van der Waals surface area contributed by atoms with Gasteiger partial charge in [0.05, 0.1) is 5.60 Å². The number of benzene rings is 1. The summed E-state index contributed by atoms with van der Waals surface area (Å²) in [6.07, 6.45) is 2.98. The summed E-state index contributed by atoms with van der Waals surface area (Å²) in [6, 6.07) is 7.78. The number of aliphatic hydroxyl groups is 1. The van der Waals surface area contributed by atoms with Gasteiger partial charge in [0.1, 0.15) is 0 Å². The molecule has 0 atom stereocenters. The van der Waals surface area contributed by atoms with E-state index in [1.165, 1.54) is 0 Å². The van der Waals surface area contributed by atoms with Gasteiger partial charge >= 0.3 is 0 Å². The first kappa shape index (κ1) is 10.9. The third kappa shape index (κ3) is 2.71. The van der Waals surface area contributed by atoms with Crippen molar-refractivity contribution in [2.45, 2.75) is 31.4 Å². The Labute approximate surface area is 95.3 Å². The van der Waals surface area contributed by atoms with Crippen LogP contribution in [0, 0.1) is 0 Å². The van der Waals surface area contributed by atoms with Crippen LogP contribution >= 0.6 is 11.6 Å². The SMILES string of the molecule is OC1(CNCc2ccccc2Cl)CCC1. The Morgan fingerprint density at radius 1 is 1.33 bits per heavy atom. The Kier molecular flexibility index (Phi) is 3.29. The zero-order chi connectivity index (χ0) is 10.7. The fraction of sp³-hybridized carbons (Fsp3) is 0.500. The minimum Gasteiger partial charge on any atom is -0.389 e. The van der Waals surface area contributed by atoms with Gasteiger partial charge in [0.15, 0.2) is 0 Å². The maximum Gasteiger partial charge on any atom is 0.0771 e. The van der Waals surface area contributed by atoms with Crippen LogP contribution < -0.4 is 5.32 Å². The molecule has 1 aliphatic rings. The summed E-state index contributed by atoms with van der Waals surface area (Å²) < 4.78 is 0. The van der Waals surface area contributed by atoms with Gasteiger partial charge in [-0.15, -0.1) is 0 Å². The summed E-state index contributed by atoms with van der Waals surface area (Å²) in [6.45, 7) is 1.39. The summed E-state index contributed by atoms with van der Waals surface area (Å²) in [5.41, 5.74) is 0.628. The Morgan fingerprint density at radius 3 is 2.67 bits per heavy atom. The molecule has 0 aliphatic heterocycles. The van der Waals surface area contributed by atoms with E-state index >= 15 is 0 Å². The van der Waals surface area contributed by atoms with Gasteiger partial charge in [-0.3, -0.25) is 0 Å². The van der Waals surface area contributed by atoms with E-state index in [4.69, 9.17) is 11.6 Å². The first-order valence-electron chi connectivity index (χ1n) is 5.36. The van der Waals surface area contributed by atoms with Crippen molar-refractivity contribution in [1.29, 1.82) is 0 Å². The molecule has 1 aliphatic carbocycles. The third-order valence-electron chi connectivity index (χ3n) is 3.01. The highest BCUT2D eigenvalue weighted by atomic mass is 35.5. The number of halogens is 1. The molecule has 0 unspecified atom stereocenters. The predicted molar refractivity (Wildman–Crippen MR) is 62.0 cm³/mol.